The molecule has 0 saturated carbocycles. The van der Waals surface area contributed by atoms with Gasteiger partial charge in [0.1, 0.15) is 0 Å². The van der Waals surface area contributed by atoms with Crippen LogP contribution in [0.25, 0.3) is 0 Å². The minimum Gasteiger partial charge on any atom is -0.352 e. The molecule has 2 aromatic heterocycles. The maximum Gasteiger partial charge on any atom is 0.251 e. The van der Waals surface area contributed by atoms with Crippen LogP contribution in [-0.4, -0.2) is 57.9 Å². The van der Waals surface area contributed by atoms with Crippen molar-refractivity contribution in [2.75, 3.05) is 47.4 Å². The van der Waals surface area contributed by atoms with Gasteiger partial charge >= 0.3 is 0 Å². The average Bonchev–Trinajstić information content (AvgIpc) is 2.76. The minimum absolute atomic E-state index is 0.620. The highest BCUT2D eigenvalue weighted by atomic mass is 15.4. The molecule has 1 aliphatic rings. The number of hydrogen-bond acceptors (Lipinski definition) is 8. The normalized spacial score (nSPS) is 14.3. The largest absolute Gasteiger partial charge is 0.352 e. The molecular weight excluding hydrogens is 340 g/mol. The Labute approximate surface area is 158 Å². The smallest absolute Gasteiger partial charge is 0.251 e. The molecule has 0 spiro atoms. The standard InChI is InChI=1S/C19H22N8/c1-2-27(16-7-4-3-5-8-16)19-23-17(15-22-24-19)25-11-13-26(14-12-25)18-20-9-6-10-21-18/h3-10,15H,2,11-14H2,1H3. The number of aromatic nitrogens is 5. The van der Waals surface area contributed by atoms with Crippen LogP contribution in [0, 0.1) is 0 Å². The predicted octanol–water partition coefficient (Wildman–Crippen LogP) is 2.15. The second-order valence-corrected chi connectivity index (χ2v) is 6.22. The number of hydrogen-bond donors (Lipinski definition) is 0. The van der Waals surface area contributed by atoms with E-state index in [0.29, 0.717) is 5.95 Å². The van der Waals surface area contributed by atoms with Crippen LogP contribution in [0.5, 0.6) is 0 Å². The summed E-state index contributed by atoms with van der Waals surface area (Å²) in [6, 6.07) is 12.0. The van der Waals surface area contributed by atoms with Crippen LogP contribution in [-0.2, 0) is 0 Å². The van der Waals surface area contributed by atoms with Crippen molar-refractivity contribution in [3.05, 3.63) is 55.0 Å². The van der Waals surface area contributed by atoms with E-state index in [1.807, 2.05) is 24.3 Å². The molecule has 3 aromatic rings. The Morgan fingerprint density at radius 1 is 0.926 bits per heavy atom. The Morgan fingerprint density at radius 2 is 1.63 bits per heavy atom. The highest BCUT2D eigenvalue weighted by Crippen LogP contribution is 2.23. The molecule has 8 heteroatoms. The minimum atomic E-state index is 0.620. The molecule has 138 valence electrons. The van der Waals surface area contributed by atoms with Crippen molar-refractivity contribution >= 4 is 23.4 Å². The van der Waals surface area contributed by atoms with Gasteiger partial charge in [-0.05, 0) is 25.1 Å². The van der Waals surface area contributed by atoms with Crippen LogP contribution in [0.3, 0.4) is 0 Å². The van der Waals surface area contributed by atoms with Gasteiger partial charge in [-0.15, -0.1) is 5.10 Å². The van der Waals surface area contributed by atoms with Crippen molar-refractivity contribution in [2.24, 2.45) is 0 Å². The van der Waals surface area contributed by atoms with Crippen molar-refractivity contribution in [2.45, 2.75) is 6.92 Å². The number of piperazine rings is 1. The number of nitrogens with zero attached hydrogens (tertiary/aromatic N) is 8. The van der Waals surface area contributed by atoms with Crippen LogP contribution in [0.15, 0.2) is 55.0 Å². The van der Waals surface area contributed by atoms with Crippen LogP contribution in [0.4, 0.5) is 23.4 Å². The summed E-state index contributed by atoms with van der Waals surface area (Å²) in [4.78, 5) is 19.9. The molecule has 0 unspecified atom stereocenters. The van der Waals surface area contributed by atoms with E-state index >= 15 is 0 Å². The summed E-state index contributed by atoms with van der Waals surface area (Å²) < 4.78 is 0. The van der Waals surface area contributed by atoms with Crippen LogP contribution < -0.4 is 14.7 Å². The molecule has 0 N–H and O–H groups in total. The third-order valence-corrected chi connectivity index (χ3v) is 4.60. The van der Waals surface area contributed by atoms with Crippen molar-refractivity contribution < 1.29 is 0 Å². The van der Waals surface area contributed by atoms with Gasteiger partial charge in [-0.3, -0.25) is 0 Å². The van der Waals surface area contributed by atoms with Gasteiger partial charge in [-0.1, -0.05) is 18.2 Å². The Bertz CT molecular complexity index is 850. The second-order valence-electron chi connectivity index (χ2n) is 6.22. The maximum absolute atomic E-state index is 4.77. The van der Waals surface area contributed by atoms with Gasteiger partial charge in [0.15, 0.2) is 5.82 Å². The summed E-state index contributed by atoms with van der Waals surface area (Å²) >= 11 is 0. The third kappa shape index (κ3) is 3.79. The van der Waals surface area contributed by atoms with E-state index in [2.05, 4.69) is 53.9 Å². The Balaban J connectivity index is 1.48. The van der Waals surface area contributed by atoms with Crippen molar-refractivity contribution in [1.82, 2.24) is 25.1 Å². The molecule has 0 amide bonds. The van der Waals surface area contributed by atoms with E-state index in [-0.39, 0.29) is 0 Å². The third-order valence-electron chi connectivity index (χ3n) is 4.60. The zero-order valence-electron chi connectivity index (χ0n) is 15.3. The molecule has 3 heterocycles. The number of para-hydroxylation sites is 1. The summed E-state index contributed by atoms with van der Waals surface area (Å²) in [5, 5.41) is 8.45. The van der Waals surface area contributed by atoms with Gasteiger partial charge in [0.25, 0.3) is 5.95 Å². The van der Waals surface area contributed by atoms with Crippen molar-refractivity contribution in [3.63, 3.8) is 0 Å². The lowest BCUT2D eigenvalue weighted by molar-refractivity contribution is 0.631. The fraction of sp³-hybridized carbons (Fsp3) is 0.316. The number of rotatable bonds is 5. The first kappa shape index (κ1) is 17.1. The van der Waals surface area contributed by atoms with Crippen LogP contribution in [0.1, 0.15) is 6.92 Å². The van der Waals surface area contributed by atoms with Gasteiger partial charge in [-0.2, -0.15) is 10.1 Å². The van der Waals surface area contributed by atoms with Gasteiger partial charge < -0.3 is 14.7 Å². The predicted molar refractivity (Wildman–Crippen MR) is 105 cm³/mol. The lowest BCUT2D eigenvalue weighted by atomic mass is 10.3. The van der Waals surface area contributed by atoms with E-state index in [9.17, 15) is 0 Å². The molecule has 1 saturated heterocycles. The molecule has 8 nitrogen and oxygen atoms in total. The SMILES string of the molecule is CCN(c1ccccc1)c1nncc(N2CCN(c3ncccn3)CC2)n1. The molecule has 0 radical (unpaired) electrons. The summed E-state index contributed by atoms with van der Waals surface area (Å²) in [5.74, 6) is 2.25. The highest BCUT2D eigenvalue weighted by molar-refractivity contribution is 5.58. The van der Waals surface area contributed by atoms with E-state index < -0.39 is 0 Å². The van der Waals surface area contributed by atoms with Crippen LogP contribution in [0.2, 0.25) is 0 Å². The summed E-state index contributed by atoms with van der Waals surface area (Å²) in [5.41, 5.74) is 1.06. The maximum atomic E-state index is 4.77. The zero-order chi connectivity index (χ0) is 18.5. The molecule has 27 heavy (non-hydrogen) atoms. The summed E-state index contributed by atoms with van der Waals surface area (Å²) in [6.07, 6.45) is 5.29. The van der Waals surface area contributed by atoms with Gasteiger partial charge in [0, 0.05) is 50.8 Å². The second kappa shape index (κ2) is 7.94. The molecule has 1 fully saturated rings. The van der Waals surface area contributed by atoms with Gasteiger partial charge in [0.2, 0.25) is 5.95 Å². The topological polar surface area (TPSA) is 74.2 Å². The quantitative estimate of drug-likeness (QED) is 0.683. The van der Waals surface area contributed by atoms with Crippen LogP contribution >= 0.6 is 0 Å². The van der Waals surface area contributed by atoms with E-state index in [0.717, 1.165) is 50.2 Å². The molecule has 0 bridgehead atoms. The fourth-order valence-corrected chi connectivity index (χ4v) is 3.19. The monoisotopic (exact) mass is 362 g/mol. The lowest BCUT2D eigenvalue weighted by Gasteiger charge is -2.35. The first-order chi connectivity index (χ1) is 13.3. The number of benzene rings is 1. The molecule has 4 rings (SSSR count). The van der Waals surface area contributed by atoms with E-state index in [1.165, 1.54) is 0 Å². The molecule has 0 aliphatic carbocycles. The summed E-state index contributed by atoms with van der Waals surface area (Å²) in [6.45, 7) is 6.23. The number of anilines is 4. The van der Waals surface area contributed by atoms with Crippen molar-refractivity contribution in [3.8, 4) is 0 Å². The van der Waals surface area contributed by atoms with Crippen molar-refractivity contribution in [1.29, 1.82) is 0 Å². The zero-order valence-corrected chi connectivity index (χ0v) is 15.3. The Morgan fingerprint density at radius 3 is 2.33 bits per heavy atom. The molecule has 1 aliphatic heterocycles. The highest BCUT2D eigenvalue weighted by Gasteiger charge is 2.21. The Kier molecular flexibility index (Phi) is 5.04. The molecule has 1 aromatic carbocycles. The van der Waals surface area contributed by atoms with E-state index in [1.54, 1.807) is 18.6 Å². The van der Waals surface area contributed by atoms with Gasteiger partial charge in [-0.25, -0.2) is 9.97 Å². The molecular formula is C19H22N8. The fourth-order valence-electron chi connectivity index (χ4n) is 3.19. The molecule has 0 atom stereocenters. The van der Waals surface area contributed by atoms with Gasteiger partial charge in [0.05, 0.1) is 6.20 Å². The average molecular weight is 362 g/mol. The van der Waals surface area contributed by atoms with E-state index in [4.69, 9.17) is 4.98 Å². The Hall–Kier alpha value is -3.29. The summed E-state index contributed by atoms with van der Waals surface area (Å²) in [7, 11) is 0. The first-order valence-corrected chi connectivity index (χ1v) is 9.14. The first-order valence-electron chi connectivity index (χ1n) is 9.14. The lowest BCUT2D eigenvalue weighted by Crippen LogP contribution is -2.47.